The number of nitrogens with one attached hydrogen (secondary N) is 1. The molecule has 1 amide bonds. The van der Waals surface area contributed by atoms with E-state index in [1.807, 2.05) is 37.3 Å². The highest BCUT2D eigenvalue weighted by atomic mass is 16.1. The summed E-state index contributed by atoms with van der Waals surface area (Å²) in [5.74, 6) is 0.0255. The standard InChI is InChI=1S/C17H19NO/c1-12-8-9-15(10-14(12)3)11-17(19)18-16-7-5-4-6-13(16)2/h4-10H,11H2,1-3H3,(H,18,19). The Labute approximate surface area is 114 Å². The zero-order valence-electron chi connectivity index (χ0n) is 11.7. The fourth-order valence-electron chi connectivity index (χ4n) is 2.01. The number of rotatable bonds is 3. The highest BCUT2D eigenvalue weighted by molar-refractivity contribution is 5.92. The number of hydrogen-bond acceptors (Lipinski definition) is 1. The van der Waals surface area contributed by atoms with Gasteiger partial charge in [0.15, 0.2) is 0 Å². The third-order valence-corrected chi connectivity index (χ3v) is 3.36. The molecule has 98 valence electrons. The molecule has 0 atom stereocenters. The van der Waals surface area contributed by atoms with Crippen LogP contribution in [0, 0.1) is 20.8 Å². The van der Waals surface area contributed by atoms with Crippen LogP contribution in [-0.2, 0) is 11.2 Å². The maximum Gasteiger partial charge on any atom is 0.228 e. The molecule has 19 heavy (non-hydrogen) atoms. The summed E-state index contributed by atoms with van der Waals surface area (Å²) in [6.45, 7) is 6.14. The molecule has 0 radical (unpaired) electrons. The fourth-order valence-corrected chi connectivity index (χ4v) is 2.01. The van der Waals surface area contributed by atoms with Gasteiger partial charge in [-0.05, 0) is 49.1 Å². The summed E-state index contributed by atoms with van der Waals surface area (Å²) in [5, 5.41) is 2.95. The van der Waals surface area contributed by atoms with Gasteiger partial charge in [-0.2, -0.15) is 0 Å². The molecule has 0 unspecified atom stereocenters. The molecule has 1 N–H and O–H groups in total. The van der Waals surface area contributed by atoms with Gasteiger partial charge in [-0.25, -0.2) is 0 Å². The highest BCUT2D eigenvalue weighted by Crippen LogP contribution is 2.15. The van der Waals surface area contributed by atoms with Crippen molar-refractivity contribution in [3.05, 3.63) is 64.7 Å². The first-order valence-corrected chi connectivity index (χ1v) is 6.48. The monoisotopic (exact) mass is 253 g/mol. The van der Waals surface area contributed by atoms with E-state index in [1.54, 1.807) is 0 Å². The number of hydrogen-bond donors (Lipinski definition) is 1. The van der Waals surface area contributed by atoms with Crippen LogP contribution in [0.15, 0.2) is 42.5 Å². The Hall–Kier alpha value is -2.09. The maximum absolute atomic E-state index is 12.0. The zero-order chi connectivity index (χ0) is 13.8. The molecule has 2 aromatic carbocycles. The predicted molar refractivity (Wildman–Crippen MR) is 79.4 cm³/mol. The quantitative estimate of drug-likeness (QED) is 0.885. The maximum atomic E-state index is 12.0. The fraction of sp³-hybridized carbons (Fsp3) is 0.235. The third-order valence-electron chi connectivity index (χ3n) is 3.36. The molecule has 0 saturated heterocycles. The van der Waals surface area contributed by atoms with Gasteiger partial charge < -0.3 is 5.32 Å². The molecule has 2 heteroatoms. The van der Waals surface area contributed by atoms with Gasteiger partial charge in [-0.1, -0.05) is 36.4 Å². The zero-order valence-corrected chi connectivity index (χ0v) is 11.7. The minimum absolute atomic E-state index is 0.0255. The first-order chi connectivity index (χ1) is 9.06. The third kappa shape index (κ3) is 3.44. The summed E-state index contributed by atoms with van der Waals surface area (Å²) in [6, 6.07) is 14.0. The number of aryl methyl sites for hydroxylation is 3. The Kier molecular flexibility index (Phi) is 4.00. The molecule has 0 aliphatic heterocycles. The molecule has 2 rings (SSSR count). The van der Waals surface area contributed by atoms with E-state index in [9.17, 15) is 4.79 Å². The number of carbonyl (C=O) groups is 1. The normalized spacial score (nSPS) is 10.3. The highest BCUT2D eigenvalue weighted by Gasteiger charge is 2.06. The molecule has 0 aliphatic carbocycles. The van der Waals surface area contributed by atoms with Crippen molar-refractivity contribution in [1.29, 1.82) is 0 Å². The first kappa shape index (κ1) is 13.3. The smallest absolute Gasteiger partial charge is 0.228 e. The molecule has 2 aromatic rings. The van der Waals surface area contributed by atoms with Gasteiger partial charge in [0.05, 0.1) is 6.42 Å². The summed E-state index contributed by atoms with van der Waals surface area (Å²) in [4.78, 5) is 12.0. The number of para-hydroxylation sites is 1. The second-order valence-corrected chi connectivity index (χ2v) is 4.96. The average molecular weight is 253 g/mol. The number of anilines is 1. The van der Waals surface area contributed by atoms with Gasteiger partial charge in [0.1, 0.15) is 0 Å². The van der Waals surface area contributed by atoms with E-state index >= 15 is 0 Å². The van der Waals surface area contributed by atoms with Gasteiger partial charge >= 0.3 is 0 Å². The van der Waals surface area contributed by atoms with Crippen LogP contribution >= 0.6 is 0 Å². The van der Waals surface area contributed by atoms with Crippen molar-refractivity contribution in [3.63, 3.8) is 0 Å². The molecule has 0 heterocycles. The van der Waals surface area contributed by atoms with Crippen LogP contribution in [0.4, 0.5) is 5.69 Å². The van der Waals surface area contributed by atoms with Crippen molar-refractivity contribution in [2.24, 2.45) is 0 Å². The summed E-state index contributed by atoms with van der Waals surface area (Å²) < 4.78 is 0. The molecule has 2 nitrogen and oxygen atoms in total. The SMILES string of the molecule is Cc1ccc(CC(=O)Nc2ccccc2C)cc1C. The van der Waals surface area contributed by atoms with Gasteiger partial charge in [0, 0.05) is 5.69 Å². The number of benzene rings is 2. The predicted octanol–water partition coefficient (Wildman–Crippen LogP) is 3.79. The first-order valence-electron chi connectivity index (χ1n) is 6.48. The van der Waals surface area contributed by atoms with Gasteiger partial charge in [-0.3, -0.25) is 4.79 Å². The van der Waals surface area contributed by atoms with Crippen molar-refractivity contribution < 1.29 is 4.79 Å². The van der Waals surface area contributed by atoms with Crippen LogP contribution in [0.3, 0.4) is 0 Å². The van der Waals surface area contributed by atoms with Crippen LogP contribution in [0.5, 0.6) is 0 Å². The van der Waals surface area contributed by atoms with E-state index in [0.717, 1.165) is 16.8 Å². The van der Waals surface area contributed by atoms with Crippen LogP contribution in [0.2, 0.25) is 0 Å². The Bertz CT molecular complexity index is 602. The minimum Gasteiger partial charge on any atom is -0.326 e. The van der Waals surface area contributed by atoms with Crippen molar-refractivity contribution in [1.82, 2.24) is 0 Å². The van der Waals surface area contributed by atoms with Crippen LogP contribution in [0.25, 0.3) is 0 Å². The summed E-state index contributed by atoms with van der Waals surface area (Å²) in [6.07, 6.45) is 0.412. The van der Waals surface area contributed by atoms with Crippen LogP contribution < -0.4 is 5.32 Å². The average Bonchev–Trinajstić information content (AvgIpc) is 2.37. The Morgan fingerprint density at radius 2 is 1.68 bits per heavy atom. The Balaban J connectivity index is 2.05. The molecule has 0 bridgehead atoms. The lowest BCUT2D eigenvalue weighted by atomic mass is 10.0. The van der Waals surface area contributed by atoms with Crippen LogP contribution in [-0.4, -0.2) is 5.91 Å². The summed E-state index contributed by atoms with van der Waals surface area (Å²) in [7, 11) is 0. The summed E-state index contributed by atoms with van der Waals surface area (Å²) >= 11 is 0. The number of amides is 1. The molecule has 0 saturated carbocycles. The second-order valence-electron chi connectivity index (χ2n) is 4.96. The van der Waals surface area contributed by atoms with E-state index in [1.165, 1.54) is 11.1 Å². The van der Waals surface area contributed by atoms with Gasteiger partial charge in [-0.15, -0.1) is 0 Å². The molecular formula is C17H19NO. The molecule has 0 aromatic heterocycles. The lowest BCUT2D eigenvalue weighted by Crippen LogP contribution is -2.15. The van der Waals surface area contributed by atoms with Crippen LogP contribution in [0.1, 0.15) is 22.3 Å². The van der Waals surface area contributed by atoms with E-state index in [4.69, 9.17) is 0 Å². The topological polar surface area (TPSA) is 29.1 Å². The van der Waals surface area contributed by atoms with Crippen molar-refractivity contribution >= 4 is 11.6 Å². The Morgan fingerprint density at radius 3 is 2.37 bits per heavy atom. The minimum atomic E-state index is 0.0255. The van der Waals surface area contributed by atoms with E-state index in [0.29, 0.717) is 6.42 Å². The van der Waals surface area contributed by atoms with Crippen molar-refractivity contribution in [3.8, 4) is 0 Å². The van der Waals surface area contributed by atoms with Crippen molar-refractivity contribution in [2.45, 2.75) is 27.2 Å². The number of carbonyl (C=O) groups excluding carboxylic acids is 1. The molecular weight excluding hydrogens is 234 g/mol. The largest absolute Gasteiger partial charge is 0.326 e. The van der Waals surface area contributed by atoms with Crippen molar-refractivity contribution in [2.75, 3.05) is 5.32 Å². The van der Waals surface area contributed by atoms with E-state index < -0.39 is 0 Å². The molecule has 0 aliphatic rings. The van der Waals surface area contributed by atoms with E-state index in [-0.39, 0.29) is 5.91 Å². The Morgan fingerprint density at radius 1 is 0.947 bits per heavy atom. The lowest BCUT2D eigenvalue weighted by molar-refractivity contribution is -0.115. The second kappa shape index (κ2) is 5.70. The lowest BCUT2D eigenvalue weighted by Gasteiger charge is -2.09. The van der Waals surface area contributed by atoms with Gasteiger partial charge in [0.2, 0.25) is 5.91 Å². The molecule has 0 fully saturated rings. The van der Waals surface area contributed by atoms with Gasteiger partial charge in [0.25, 0.3) is 0 Å². The summed E-state index contributed by atoms with van der Waals surface area (Å²) in [5.41, 5.74) is 5.49. The molecule has 0 spiro atoms. The van der Waals surface area contributed by atoms with E-state index in [2.05, 4.69) is 31.3 Å².